The van der Waals surface area contributed by atoms with E-state index in [9.17, 15) is 4.79 Å². The summed E-state index contributed by atoms with van der Waals surface area (Å²) in [5.74, 6) is 0.503. The first-order chi connectivity index (χ1) is 10.6. The van der Waals surface area contributed by atoms with E-state index in [0.29, 0.717) is 10.9 Å². The third-order valence-electron chi connectivity index (χ3n) is 3.95. The standard InChI is InChI=1S/C16H20N4OS/c1-11(2)20-16(17-18-19-20)22-10-15(21)14-8-7-12-5-3-4-6-13(12)9-14/h7-9,11H,3-6,10H2,1-2H3. The molecule has 0 bridgehead atoms. The van der Waals surface area contributed by atoms with Crippen molar-refractivity contribution >= 4 is 17.5 Å². The van der Waals surface area contributed by atoms with Crippen molar-refractivity contribution < 1.29 is 4.79 Å². The monoisotopic (exact) mass is 316 g/mol. The van der Waals surface area contributed by atoms with E-state index in [1.165, 1.54) is 35.7 Å². The minimum absolute atomic E-state index is 0.136. The first-order valence-corrected chi connectivity index (χ1v) is 8.69. The van der Waals surface area contributed by atoms with Crippen molar-refractivity contribution in [1.82, 2.24) is 20.2 Å². The summed E-state index contributed by atoms with van der Waals surface area (Å²) < 4.78 is 1.74. The lowest BCUT2D eigenvalue weighted by molar-refractivity contribution is 0.102. The Morgan fingerprint density at radius 2 is 2.05 bits per heavy atom. The second-order valence-corrected chi connectivity index (χ2v) is 6.84. The summed E-state index contributed by atoms with van der Waals surface area (Å²) in [6.45, 7) is 4.04. The van der Waals surface area contributed by atoms with Crippen LogP contribution in [0.2, 0.25) is 0 Å². The van der Waals surface area contributed by atoms with Crippen LogP contribution >= 0.6 is 11.8 Å². The van der Waals surface area contributed by atoms with Crippen LogP contribution in [0.3, 0.4) is 0 Å². The summed E-state index contributed by atoms with van der Waals surface area (Å²) >= 11 is 1.40. The molecule has 0 fully saturated rings. The Hall–Kier alpha value is -1.69. The number of thioether (sulfide) groups is 1. The van der Waals surface area contributed by atoms with Crippen LogP contribution in [0.25, 0.3) is 0 Å². The van der Waals surface area contributed by atoms with Crippen LogP contribution in [0.1, 0.15) is 54.2 Å². The smallest absolute Gasteiger partial charge is 0.209 e. The third-order valence-corrected chi connectivity index (χ3v) is 4.89. The van der Waals surface area contributed by atoms with Gasteiger partial charge in [-0.15, -0.1) is 5.10 Å². The van der Waals surface area contributed by atoms with Crippen LogP contribution in [-0.4, -0.2) is 31.7 Å². The molecular weight excluding hydrogens is 296 g/mol. The molecule has 0 N–H and O–H groups in total. The van der Waals surface area contributed by atoms with Gasteiger partial charge in [-0.25, -0.2) is 4.68 Å². The van der Waals surface area contributed by atoms with E-state index in [1.54, 1.807) is 4.68 Å². The highest BCUT2D eigenvalue weighted by Crippen LogP contribution is 2.24. The predicted molar refractivity (Wildman–Crippen MR) is 86.3 cm³/mol. The number of ketones is 1. The highest BCUT2D eigenvalue weighted by molar-refractivity contribution is 7.99. The number of aromatic nitrogens is 4. The molecule has 5 nitrogen and oxygen atoms in total. The molecule has 1 aliphatic rings. The zero-order chi connectivity index (χ0) is 15.5. The normalized spacial score (nSPS) is 14.1. The highest BCUT2D eigenvalue weighted by Gasteiger charge is 2.15. The maximum absolute atomic E-state index is 12.4. The van der Waals surface area contributed by atoms with Crippen LogP contribution in [0.15, 0.2) is 23.4 Å². The number of hydrogen-bond donors (Lipinski definition) is 0. The van der Waals surface area contributed by atoms with Crippen molar-refractivity contribution in [3.05, 3.63) is 34.9 Å². The van der Waals surface area contributed by atoms with Gasteiger partial charge in [0, 0.05) is 5.56 Å². The molecule has 22 heavy (non-hydrogen) atoms. The summed E-state index contributed by atoms with van der Waals surface area (Å²) in [4.78, 5) is 12.4. The molecule has 0 radical (unpaired) electrons. The summed E-state index contributed by atoms with van der Waals surface area (Å²) in [6.07, 6.45) is 4.72. The molecule has 3 rings (SSSR count). The second kappa shape index (κ2) is 6.60. The van der Waals surface area contributed by atoms with Crippen molar-refractivity contribution in [1.29, 1.82) is 0 Å². The van der Waals surface area contributed by atoms with Crippen LogP contribution < -0.4 is 0 Å². The lowest BCUT2D eigenvalue weighted by Crippen LogP contribution is -2.09. The van der Waals surface area contributed by atoms with Crippen LogP contribution in [0.5, 0.6) is 0 Å². The number of benzene rings is 1. The molecule has 0 saturated carbocycles. The van der Waals surface area contributed by atoms with Gasteiger partial charge in [0.2, 0.25) is 5.16 Å². The van der Waals surface area contributed by atoms with Gasteiger partial charge >= 0.3 is 0 Å². The maximum atomic E-state index is 12.4. The average molecular weight is 316 g/mol. The van der Waals surface area contributed by atoms with Gasteiger partial charge in [0.15, 0.2) is 5.78 Å². The van der Waals surface area contributed by atoms with Crippen molar-refractivity contribution in [2.75, 3.05) is 5.75 Å². The van der Waals surface area contributed by atoms with E-state index in [-0.39, 0.29) is 11.8 Å². The second-order valence-electron chi connectivity index (χ2n) is 5.90. The zero-order valence-corrected chi connectivity index (χ0v) is 13.8. The Labute approximate surface area is 134 Å². The van der Waals surface area contributed by atoms with Crippen LogP contribution in [0, 0.1) is 0 Å². The van der Waals surface area contributed by atoms with Gasteiger partial charge in [-0.1, -0.05) is 23.9 Å². The Bertz CT molecular complexity index is 681. The number of Topliss-reactive ketones (excluding diaryl/α,β-unsaturated/α-hetero) is 1. The molecule has 1 aromatic heterocycles. The minimum atomic E-state index is 0.136. The molecule has 2 aromatic rings. The van der Waals surface area contributed by atoms with E-state index in [0.717, 1.165) is 18.4 Å². The fourth-order valence-corrected chi connectivity index (χ4v) is 3.63. The molecule has 1 aromatic carbocycles. The molecule has 0 amide bonds. The quantitative estimate of drug-likeness (QED) is 0.626. The van der Waals surface area contributed by atoms with E-state index < -0.39 is 0 Å². The van der Waals surface area contributed by atoms with Crippen LogP contribution in [-0.2, 0) is 12.8 Å². The van der Waals surface area contributed by atoms with E-state index in [2.05, 4.69) is 27.7 Å². The summed E-state index contributed by atoms with van der Waals surface area (Å²) in [6, 6.07) is 6.34. The van der Waals surface area contributed by atoms with Crippen LogP contribution in [0.4, 0.5) is 0 Å². The summed E-state index contributed by atoms with van der Waals surface area (Å²) in [7, 11) is 0. The molecule has 0 saturated heterocycles. The van der Waals surface area contributed by atoms with E-state index in [4.69, 9.17) is 0 Å². The predicted octanol–water partition coefficient (Wildman–Crippen LogP) is 3.11. The molecule has 116 valence electrons. The molecule has 0 atom stereocenters. The molecule has 0 aliphatic heterocycles. The minimum Gasteiger partial charge on any atom is -0.293 e. The molecular formula is C16H20N4OS. The number of tetrazole rings is 1. The molecule has 1 aliphatic carbocycles. The van der Waals surface area contributed by atoms with Gasteiger partial charge in [0.1, 0.15) is 0 Å². The van der Waals surface area contributed by atoms with Gasteiger partial charge in [-0.05, 0) is 67.2 Å². The Morgan fingerprint density at radius 1 is 1.27 bits per heavy atom. The Kier molecular flexibility index (Phi) is 4.57. The van der Waals surface area contributed by atoms with Crippen molar-refractivity contribution in [2.24, 2.45) is 0 Å². The number of hydrogen-bond acceptors (Lipinski definition) is 5. The van der Waals surface area contributed by atoms with Gasteiger partial charge in [0.05, 0.1) is 11.8 Å². The summed E-state index contributed by atoms with van der Waals surface area (Å²) in [5, 5.41) is 12.3. The van der Waals surface area contributed by atoms with Crippen molar-refractivity contribution in [3.63, 3.8) is 0 Å². The van der Waals surface area contributed by atoms with Gasteiger partial charge < -0.3 is 0 Å². The number of rotatable bonds is 5. The number of carbonyl (C=O) groups is 1. The largest absolute Gasteiger partial charge is 0.293 e. The number of fused-ring (bicyclic) bond motifs is 1. The van der Waals surface area contributed by atoms with Gasteiger partial charge in [-0.2, -0.15) is 0 Å². The zero-order valence-electron chi connectivity index (χ0n) is 13.0. The highest BCUT2D eigenvalue weighted by atomic mass is 32.2. The Balaban J connectivity index is 1.68. The van der Waals surface area contributed by atoms with E-state index >= 15 is 0 Å². The topological polar surface area (TPSA) is 60.7 Å². The maximum Gasteiger partial charge on any atom is 0.209 e. The third kappa shape index (κ3) is 3.21. The number of nitrogens with zero attached hydrogens (tertiary/aromatic N) is 4. The van der Waals surface area contributed by atoms with Gasteiger partial charge in [0.25, 0.3) is 0 Å². The van der Waals surface area contributed by atoms with E-state index in [1.807, 2.05) is 19.9 Å². The van der Waals surface area contributed by atoms with Crippen molar-refractivity contribution in [2.45, 2.75) is 50.7 Å². The average Bonchev–Trinajstić information content (AvgIpc) is 3.01. The van der Waals surface area contributed by atoms with Gasteiger partial charge in [-0.3, -0.25) is 4.79 Å². The molecule has 0 spiro atoms. The fraction of sp³-hybridized carbons (Fsp3) is 0.500. The molecule has 6 heteroatoms. The lowest BCUT2D eigenvalue weighted by Gasteiger charge is -2.16. The number of aryl methyl sites for hydroxylation is 2. The fourth-order valence-electron chi connectivity index (χ4n) is 2.72. The first kappa shape index (κ1) is 15.2. The van der Waals surface area contributed by atoms with Crippen molar-refractivity contribution in [3.8, 4) is 0 Å². The molecule has 0 unspecified atom stereocenters. The Morgan fingerprint density at radius 3 is 2.82 bits per heavy atom. The SMILES string of the molecule is CC(C)n1nnnc1SCC(=O)c1ccc2c(c1)CCCC2. The number of carbonyl (C=O) groups excluding carboxylic acids is 1. The lowest BCUT2D eigenvalue weighted by atomic mass is 9.90. The summed E-state index contributed by atoms with van der Waals surface area (Å²) in [5.41, 5.74) is 3.55. The molecule has 1 heterocycles. The first-order valence-electron chi connectivity index (χ1n) is 7.71.